The third-order valence-electron chi connectivity index (χ3n) is 5.94. The summed E-state index contributed by atoms with van der Waals surface area (Å²) in [6.07, 6.45) is 1.81. The van der Waals surface area contributed by atoms with Gasteiger partial charge in [-0.15, -0.1) is 0 Å². The number of methoxy groups -OCH3 is 1. The van der Waals surface area contributed by atoms with Crippen LogP contribution in [0, 0.1) is 0 Å². The summed E-state index contributed by atoms with van der Waals surface area (Å²) in [6, 6.07) is 15.6. The summed E-state index contributed by atoms with van der Waals surface area (Å²) >= 11 is 0. The Morgan fingerprint density at radius 3 is 2.32 bits per heavy atom. The van der Waals surface area contributed by atoms with E-state index in [1.807, 2.05) is 49.4 Å². The third-order valence-corrected chi connectivity index (χ3v) is 5.94. The predicted octanol–water partition coefficient (Wildman–Crippen LogP) is 2.96. The minimum absolute atomic E-state index is 0.152. The molecule has 0 N–H and O–H groups in total. The lowest BCUT2D eigenvalue weighted by molar-refractivity contribution is -0.145. The number of hydrogen-bond acceptors (Lipinski definition) is 6. The second-order valence-corrected chi connectivity index (χ2v) is 8.13. The number of benzene rings is 2. The van der Waals surface area contributed by atoms with Crippen molar-refractivity contribution in [1.82, 2.24) is 14.8 Å². The summed E-state index contributed by atoms with van der Waals surface area (Å²) in [5, 5.41) is 5.87. The highest BCUT2D eigenvalue weighted by atomic mass is 16.5. The fourth-order valence-corrected chi connectivity index (χ4v) is 4.04. The van der Waals surface area contributed by atoms with Gasteiger partial charge >= 0.3 is 17.8 Å². The van der Waals surface area contributed by atoms with Gasteiger partial charge in [-0.3, -0.25) is 19.3 Å². The molecule has 0 aromatic heterocycles. The minimum atomic E-state index is -0.984. The molecule has 1 saturated heterocycles. The number of carbonyl (C=O) groups is 4. The Kier molecular flexibility index (Phi) is 6.72. The lowest BCUT2D eigenvalue weighted by Crippen LogP contribution is -2.42. The average molecular weight is 463 g/mol. The van der Waals surface area contributed by atoms with E-state index in [2.05, 4.69) is 5.10 Å². The normalized spacial score (nSPS) is 18.1. The molecule has 1 atom stereocenters. The van der Waals surface area contributed by atoms with Crippen molar-refractivity contribution >= 4 is 29.5 Å². The number of unbranched alkanes of at least 4 members (excludes halogenated alkanes) is 1. The number of amides is 5. The largest absolute Gasteiger partial charge is 0.497 e. The molecule has 2 heterocycles. The van der Waals surface area contributed by atoms with Crippen LogP contribution in [-0.2, 0) is 14.4 Å². The van der Waals surface area contributed by atoms with Gasteiger partial charge in [0.15, 0.2) is 0 Å². The van der Waals surface area contributed by atoms with Crippen LogP contribution in [0.5, 0.6) is 5.75 Å². The molecule has 1 fully saturated rings. The fraction of sp³-hybridized carbons (Fsp3) is 0.320. The molecule has 1 unspecified atom stereocenters. The van der Waals surface area contributed by atoms with Crippen molar-refractivity contribution in [3.05, 3.63) is 65.7 Å². The first-order chi connectivity index (χ1) is 16.4. The summed E-state index contributed by atoms with van der Waals surface area (Å²) in [7, 11) is 1.58. The maximum atomic E-state index is 13.3. The number of carbonyl (C=O) groups excluding carboxylic acids is 4. The first-order valence-electron chi connectivity index (χ1n) is 11.2. The lowest BCUT2D eigenvalue weighted by atomic mass is 9.98. The Labute approximate surface area is 197 Å². The van der Waals surface area contributed by atoms with Crippen molar-refractivity contribution < 1.29 is 23.9 Å². The molecule has 2 aliphatic heterocycles. The number of urea groups is 1. The lowest BCUT2D eigenvalue weighted by Gasteiger charge is -2.24. The van der Waals surface area contributed by atoms with Crippen molar-refractivity contribution in [2.45, 2.75) is 32.2 Å². The van der Waals surface area contributed by atoms with Crippen LogP contribution >= 0.6 is 0 Å². The molecule has 9 heteroatoms. The second kappa shape index (κ2) is 9.86. The summed E-state index contributed by atoms with van der Waals surface area (Å²) in [5.41, 5.74) is 2.43. The highest BCUT2D eigenvalue weighted by molar-refractivity contribution is 6.45. The molecular formula is C25H26N4O5. The number of imide groups is 2. The summed E-state index contributed by atoms with van der Waals surface area (Å²) in [4.78, 5) is 52.3. The number of ether oxygens (including phenoxy) is 1. The quantitative estimate of drug-likeness (QED) is 0.444. The van der Waals surface area contributed by atoms with Crippen molar-refractivity contribution in [1.29, 1.82) is 0 Å². The summed E-state index contributed by atoms with van der Waals surface area (Å²) in [6.45, 7) is 1.52. The molecule has 176 valence electrons. The summed E-state index contributed by atoms with van der Waals surface area (Å²) < 4.78 is 5.23. The van der Waals surface area contributed by atoms with E-state index in [1.54, 1.807) is 19.2 Å². The highest BCUT2D eigenvalue weighted by Crippen LogP contribution is 2.34. The molecular weight excluding hydrogens is 436 g/mol. The van der Waals surface area contributed by atoms with E-state index in [-0.39, 0.29) is 6.54 Å². The van der Waals surface area contributed by atoms with Gasteiger partial charge in [-0.25, -0.2) is 14.7 Å². The Balaban J connectivity index is 1.59. The van der Waals surface area contributed by atoms with Crippen LogP contribution in [0.1, 0.15) is 43.4 Å². The van der Waals surface area contributed by atoms with E-state index in [1.165, 1.54) is 5.01 Å². The number of rotatable bonds is 8. The number of hydrogen-bond donors (Lipinski definition) is 0. The van der Waals surface area contributed by atoms with Crippen molar-refractivity contribution in [2.24, 2.45) is 5.10 Å². The molecule has 2 aliphatic rings. The van der Waals surface area contributed by atoms with Crippen LogP contribution in [0.25, 0.3) is 0 Å². The smallest absolute Gasteiger partial charge is 0.334 e. The molecule has 2 aromatic carbocycles. The zero-order chi connectivity index (χ0) is 24.2. The molecule has 0 aliphatic carbocycles. The third kappa shape index (κ3) is 4.41. The second-order valence-electron chi connectivity index (χ2n) is 8.13. The molecule has 0 bridgehead atoms. The molecule has 9 nitrogen and oxygen atoms in total. The SMILES string of the molecule is CCCCN1C(=O)C(=O)N(CC(=O)N2N=C(c3ccccc3)CC2c2ccc(OC)cc2)C1=O. The highest BCUT2D eigenvalue weighted by Gasteiger charge is 2.46. The fourth-order valence-electron chi connectivity index (χ4n) is 4.04. The maximum Gasteiger partial charge on any atom is 0.334 e. The average Bonchev–Trinajstić information content (AvgIpc) is 3.40. The Morgan fingerprint density at radius 1 is 1.00 bits per heavy atom. The van der Waals surface area contributed by atoms with Crippen LogP contribution in [-0.4, -0.2) is 64.5 Å². The Bertz CT molecular complexity index is 1130. The van der Waals surface area contributed by atoms with Gasteiger partial charge in [0.1, 0.15) is 12.3 Å². The summed E-state index contributed by atoms with van der Waals surface area (Å²) in [5.74, 6) is -1.74. The maximum absolute atomic E-state index is 13.3. The van der Waals surface area contributed by atoms with Gasteiger partial charge in [0.25, 0.3) is 5.91 Å². The van der Waals surface area contributed by atoms with Gasteiger partial charge in [0, 0.05) is 13.0 Å². The Hall–Kier alpha value is -4.01. The van der Waals surface area contributed by atoms with Crippen LogP contribution in [0.3, 0.4) is 0 Å². The van der Waals surface area contributed by atoms with Crippen LogP contribution in [0.2, 0.25) is 0 Å². The topological polar surface area (TPSA) is 99.6 Å². The van der Waals surface area contributed by atoms with Crippen LogP contribution in [0.15, 0.2) is 59.7 Å². The van der Waals surface area contributed by atoms with Crippen molar-refractivity contribution in [3.8, 4) is 5.75 Å². The van der Waals surface area contributed by atoms with Crippen molar-refractivity contribution in [3.63, 3.8) is 0 Å². The first-order valence-corrected chi connectivity index (χ1v) is 11.2. The van der Waals surface area contributed by atoms with Gasteiger partial charge in [0.2, 0.25) is 0 Å². The molecule has 0 radical (unpaired) electrons. The first kappa shape index (κ1) is 23.2. The van der Waals surface area contributed by atoms with Gasteiger partial charge in [-0.05, 0) is 29.7 Å². The minimum Gasteiger partial charge on any atom is -0.497 e. The molecule has 34 heavy (non-hydrogen) atoms. The molecule has 0 spiro atoms. The standard InChI is InChI=1S/C25H26N4O5/c1-3-4-14-27-23(31)24(32)28(25(27)33)16-22(30)29-21(18-10-12-19(34-2)13-11-18)15-20(26-29)17-8-6-5-7-9-17/h5-13,21H,3-4,14-16H2,1-2H3. The number of nitrogens with zero attached hydrogens (tertiary/aromatic N) is 4. The van der Waals surface area contributed by atoms with Gasteiger partial charge in [-0.1, -0.05) is 55.8 Å². The molecule has 4 rings (SSSR count). The Morgan fingerprint density at radius 2 is 1.68 bits per heavy atom. The zero-order valence-electron chi connectivity index (χ0n) is 19.1. The monoisotopic (exact) mass is 462 g/mol. The van der Waals surface area contributed by atoms with E-state index in [4.69, 9.17) is 4.74 Å². The molecule has 2 aromatic rings. The van der Waals surface area contributed by atoms with E-state index in [0.29, 0.717) is 23.5 Å². The van der Waals surface area contributed by atoms with Crippen LogP contribution < -0.4 is 4.74 Å². The predicted molar refractivity (Wildman–Crippen MR) is 124 cm³/mol. The van der Waals surface area contributed by atoms with E-state index < -0.39 is 36.3 Å². The molecule has 0 saturated carbocycles. The number of hydrazone groups is 1. The van der Waals surface area contributed by atoms with E-state index >= 15 is 0 Å². The zero-order valence-corrected chi connectivity index (χ0v) is 19.1. The van der Waals surface area contributed by atoms with Gasteiger partial charge in [0.05, 0.1) is 18.9 Å². The van der Waals surface area contributed by atoms with Crippen molar-refractivity contribution in [2.75, 3.05) is 20.2 Å². The van der Waals surface area contributed by atoms with Crippen LogP contribution in [0.4, 0.5) is 4.79 Å². The molecule has 5 amide bonds. The van der Waals surface area contributed by atoms with Gasteiger partial charge < -0.3 is 4.74 Å². The van der Waals surface area contributed by atoms with E-state index in [0.717, 1.165) is 28.2 Å². The van der Waals surface area contributed by atoms with E-state index in [9.17, 15) is 19.2 Å². The van der Waals surface area contributed by atoms with Gasteiger partial charge in [-0.2, -0.15) is 5.10 Å².